The first kappa shape index (κ1) is 13.4. The van der Waals surface area contributed by atoms with Crippen molar-refractivity contribution >= 4 is 5.97 Å². The number of rotatable bonds is 4. The smallest absolute Gasteiger partial charge is 0.341 e. The molecule has 1 aromatic carbocycles. The number of aromatic carboxylic acids is 1. The SMILES string of the molecule is COc1cccc(-c2cc(C(=O)O)c(=O)n(C3CC3)c2)c1. The maximum Gasteiger partial charge on any atom is 0.341 e. The second kappa shape index (κ2) is 5.09. The standard InChI is InChI=1S/C16H15NO4/c1-21-13-4-2-3-10(7-13)11-8-14(16(19)20)15(18)17(9-11)12-5-6-12/h2-4,7-9,12H,5-6H2,1H3,(H,19,20). The van der Waals surface area contributed by atoms with Gasteiger partial charge in [-0.3, -0.25) is 4.79 Å². The highest BCUT2D eigenvalue weighted by Gasteiger charge is 2.27. The van der Waals surface area contributed by atoms with Gasteiger partial charge in [0.1, 0.15) is 11.3 Å². The quantitative estimate of drug-likeness (QED) is 0.937. The number of carboxylic acids is 1. The molecule has 0 radical (unpaired) electrons. The van der Waals surface area contributed by atoms with Crippen LogP contribution in [0, 0.1) is 0 Å². The predicted octanol–water partition coefficient (Wildman–Crippen LogP) is 2.56. The Balaban J connectivity index is 2.17. The molecule has 21 heavy (non-hydrogen) atoms. The number of benzene rings is 1. The second-order valence-corrected chi connectivity index (χ2v) is 5.12. The molecule has 0 amide bonds. The number of methoxy groups -OCH3 is 1. The molecule has 0 atom stereocenters. The van der Waals surface area contributed by atoms with Crippen LogP contribution < -0.4 is 10.3 Å². The Hall–Kier alpha value is -2.56. The summed E-state index contributed by atoms with van der Waals surface area (Å²) in [6.45, 7) is 0. The van der Waals surface area contributed by atoms with Gasteiger partial charge < -0.3 is 14.4 Å². The van der Waals surface area contributed by atoms with Crippen LogP contribution in [0.4, 0.5) is 0 Å². The lowest BCUT2D eigenvalue weighted by molar-refractivity contribution is 0.0694. The predicted molar refractivity (Wildman–Crippen MR) is 77.9 cm³/mol. The van der Waals surface area contributed by atoms with Crippen molar-refractivity contribution in [3.8, 4) is 16.9 Å². The van der Waals surface area contributed by atoms with Gasteiger partial charge in [-0.05, 0) is 42.2 Å². The van der Waals surface area contributed by atoms with E-state index in [0.29, 0.717) is 11.3 Å². The Morgan fingerprint density at radius 2 is 2.05 bits per heavy atom. The largest absolute Gasteiger partial charge is 0.497 e. The van der Waals surface area contributed by atoms with Crippen LogP contribution in [0.5, 0.6) is 5.75 Å². The van der Waals surface area contributed by atoms with E-state index in [9.17, 15) is 14.7 Å². The Kier molecular flexibility index (Phi) is 3.25. The molecule has 1 saturated carbocycles. The van der Waals surface area contributed by atoms with Gasteiger partial charge in [-0.15, -0.1) is 0 Å². The van der Waals surface area contributed by atoms with Crippen LogP contribution in [-0.4, -0.2) is 22.8 Å². The van der Waals surface area contributed by atoms with Crippen LogP contribution in [0.15, 0.2) is 41.3 Å². The third kappa shape index (κ3) is 2.54. The Morgan fingerprint density at radius 1 is 1.29 bits per heavy atom. The van der Waals surface area contributed by atoms with Crippen molar-refractivity contribution in [3.63, 3.8) is 0 Å². The summed E-state index contributed by atoms with van der Waals surface area (Å²) in [5.41, 5.74) is 0.905. The fourth-order valence-electron chi connectivity index (χ4n) is 2.34. The highest BCUT2D eigenvalue weighted by molar-refractivity contribution is 5.89. The zero-order valence-electron chi connectivity index (χ0n) is 11.6. The number of pyridine rings is 1. The van der Waals surface area contributed by atoms with Gasteiger partial charge in [0, 0.05) is 12.2 Å². The highest BCUT2D eigenvalue weighted by atomic mass is 16.5. The van der Waals surface area contributed by atoms with Crippen molar-refractivity contribution in [2.24, 2.45) is 0 Å². The number of aromatic nitrogens is 1. The first-order valence-electron chi connectivity index (χ1n) is 6.74. The number of carbonyl (C=O) groups is 1. The topological polar surface area (TPSA) is 68.5 Å². The van der Waals surface area contributed by atoms with E-state index in [4.69, 9.17) is 4.74 Å². The number of nitrogens with zero attached hydrogens (tertiary/aromatic N) is 1. The van der Waals surface area contributed by atoms with Crippen molar-refractivity contribution in [3.05, 3.63) is 52.4 Å². The molecule has 0 spiro atoms. The summed E-state index contributed by atoms with van der Waals surface area (Å²) in [5.74, 6) is -0.507. The molecule has 1 aromatic heterocycles. The second-order valence-electron chi connectivity index (χ2n) is 5.12. The van der Waals surface area contributed by atoms with Crippen LogP contribution >= 0.6 is 0 Å². The average Bonchev–Trinajstić information content (AvgIpc) is 3.32. The monoisotopic (exact) mass is 285 g/mol. The van der Waals surface area contributed by atoms with Crippen LogP contribution in [0.2, 0.25) is 0 Å². The van der Waals surface area contributed by atoms with Crippen LogP contribution in [-0.2, 0) is 0 Å². The number of hydrogen-bond donors (Lipinski definition) is 1. The fraction of sp³-hybridized carbons (Fsp3) is 0.250. The molecule has 1 heterocycles. The van der Waals surface area contributed by atoms with E-state index < -0.39 is 11.5 Å². The number of carboxylic acid groups (broad SMARTS) is 1. The molecule has 0 bridgehead atoms. The van der Waals surface area contributed by atoms with E-state index >= 15 is 0 Å². The van der Waals surface area contributed by atoms with Gasteiger partial charge in [0.05, 0.1) is 7.11 Å². The Labute approximate surface area is 121 Å². The average molecular weight is 285 g/mol. The van der Waals surface area contributed by atoms with Crippen LogP contribution in [0.3, 0.4) is 0 Å². The van der Waals surface area contributed by atoms with Crippen molar-refractivity contribution in [1.29, 1.82) is 0 Å². The number of hydrogen-bond acceptors (Lipinski definition) is 3. The molecular weight excluding hydrogens is 270 g/mol. The molecule has 1 fully saturated rings. The Bertz CT molecular complexity index is 759. The van der Waals surface area contributed by atoms with Crippen molar-refractivity contribution in [2.45, 2.75) is 18.9 Å². The first-order valence-corrected chi connectivity index (χ1v) is 6.74. The molecule has 0 aliphatic heterocycles. The van der Waals surface area contributed by atoms with Crippen molar-refractivity contribution in [2.75, 3.05) is 7.11 Å². The minimum absolute atomic E-state index is 0.126. The summed E-state index contributed by atoms with van der Waals surface area (Å²) in [7, 11) is 1.58. The van der Waals surface area contributed by atoms with E-state index in [2.05, 4.69) is 0 Å². The molecular formula is C16H15NO4. The van der Waals surface area contributed by atoms with Gasteiger partial charge in [-0.1, -0.05) is 12.1 Å². The maximum atomic E-state index is 12.2. The molecule has 5 nitrogen and oxygen atoms in total. The minimum atomic E-state index is -1.20. The van der Waals surface area contributed by atoms with E-state index in [1.165, 1.54) is 10.6 Å². The normalized spacial score (nSPS) is 14.0. The molecule has 1 N–H and O–H groups in total. The van der Waals surface area contributed by atoms with Gasteiger partial charge in [-0.2, -0.15) is 0 Å². The van der Waals surface area contributed by atoms with Crippen molar-refractivity contribution in [1.82, 2.24) is 4.57 Å². The van der Waals surface area contributed by atoms with E-state index in [1.807, 2.05) is 24.3 Å². The van der Waals surface area contributed by atoms with Gasteiger partial charge >= 0.3 is 5.97 Å². The lowest BCUT2D eigenvalue weighted by Gasteiger charge is -2.10. The van der Waals surface area contributed by atoms with Crippen LogP contribution in [0.25, 0.3) is 11.1 Å². The van der Waals surface area contributed by atoms with E-state index in [1.54, 1.807) is 13.3 Å². The lowest BCUT2D eigenvalue weighted by atomic mass is 10.1. The summed E-state index contributed by atoms with van der Waals surface area (Å²) in [6.07, 6.45) is 3.57. The third-order valence-corrected chi connectivity index (χ3v) is 3.62. The summed E-state index contributed by atoms with van der Waals surface area (Å²) in [4.78, 5) is 23.4. The molecule has 108 valence electrons. The summed E-state index contributed by atoms with van der Waals surface area (Å²) >= 11 is 0. The van der Waals surface area contributed by atoms with Crippen molar-refractivity contribution < 1.29 is 14.6 Å². The first-order chi connectivity index (χ1) is 10.1. The Morgan fingerprint density at radius 3 is 2.67 bits per heavy atom. The lowest BCUT2D eigenvalue weighted by Crippen LogP contribution is -2.25. The minimum Gasteiger partial charge on any atom is -0.497 e. The van der Waals surface area contributed by atoms with E-state index in [-0.39, 0.29) is 11.6 Å². The maximum absolute atomic E-state index is 12.2. The van der Waals surface area contributed by atoms with Gasteiger partial charge in [0.15, 0.2) is 0 Å². The molecule has 5 heteroatoms. The molecule has 1 aliphatic rings. The fourth-order valence-corrected chi connectivity index (χ4v) is 2.34. The summed E-state index contributed by atoms with van der Waals surface area (Å²) in [6, 6.07) is 8.90. The third-order valence-electron chi connectivity index (χ3n) is 3.62. The molecule has 0 unspecified atom stereocenters. The van der Waals surface area contributed by atoms with Crippen LogP contribution in [0.1, 0.15) is 29.2 Å². The highest BCUT2D eigenvalue weighted by Crippen LogP contribution is 2.35. The zero-order valence-corrected chi connectivity index (χ0v) is 11.6. The van der Waals surface area contributed by atoms with Gasteiger partial charge in [-0.25, -0.2) is 4.79 Å². The molecule has 3 rings (SSSR count). The van der Waals surface area contributed by atoms with Gasteiger partial charge in [0.2, 0.25) is 0 Å². The van der Waals surface area contributed by atoms with E-state index in [0.717, 1.165) is 18.4 Å². The number of ether oxygens (including phenoxy) is 1. The summed E-state index contributed by atoms with van der Waals surface area (Å²) < 4.78 is 6.72. The molecule has 0 saturated heterocycles. The summed E-state index contributed by atoms with van der Waals surface area (Å²) in [5, 5.41) is 9.23. The molecule has 1 aliphatic carbocycles. The molecule has 2 aromatic rings. The zero-order chi connectivity index (χ0) is 15.0. The van der Waals surface area contributed by atoms with Gasteiger partial charge in [0.25, 0.3) is 5.56 Å².